The average Bonchev–Trinajstić information content (AvgIpc) is 2.04. The molecule has 0 fully saturated rings. The fourth-order valence-electron chi connectivity index (χ4n) is 1.12. The van der Waals surface area contributed by atoms with Gasteiger partial charge in [-0.15, -0.1) is 0 Å². The van der Waals surface area contributed by atoms with Crippen molar-refractivity contribution in [1.82, 2.24) is 4.90 Å². The van der Waals surface area contributed by atoms with Gasteiger partial charge in [0.2, 0.25) is 0 Å². The molecule has 0 amide bonds. The molecule has 0 saturated heterocycles. The summed E-state index contributed by atoms with van der Waals surface area (Å²) in [7, 11) is 3.98. The van der Waals surface area contributed by atoms with Crippen molar-refractivity contribution in [2.24, 2.45) is 0 Å². The van der Waals surface area contributed by atoms with Gasteiger partial charge in [-0.05, 0) is 34.4 Å². The maximum atomic E-state index is 11.3. The number of rotatable bonds is 5. The van der Waals surface area contributed by atoms with Gasteiger partial charge in [0, 0.05) is 5.54 Å². The van der Waals surface area contributed by atoms with Crippen molar-refractivity contribution in [3.05, 3.63) is 0 Å². The molecule has 1 atom stereocenters. The summed E-state index contributed by atoms with van der Waals surface area (Å²) < 4.78 is 4.92. The van der Waals surface area contributed by atoms with Crippen LogP contribution < -0.4 is 0 Å². The van der Waals surface area contributed by atoms with E-state index < -0.39 is 0 Å². The maximum absolute atomic E-state index is 11.3. The van der Waals surface area contributed by atoms with Crippen LogP contribution in [0.25, 0.3) is 0 Å². The number of ether oxygens (including phenoxy) is 1. The fourth-order valence-corrected chi connectivity index (χ4v) is 1.12. The highest BCUT2D eigenvalue weighted by molar-refractivity contribution is 5.70. The van der Waals surface area contributed by atoms with Crippen LogP contribution in [0.3, 0.4) is 0 Å². The zero-order valence-corrected chi connectivity index (χ0v) is 9.39. The highest BCUT2D eigenvalue weighted by Crippen LogP contribution is 2.20. The lowest BCUT2D eigenvalue weighted by atomic mass is 9.93. The van der Waals surface area contributed by atoms with Crippen molar-refractivity contribution in [2.45, 2.75) is 39.2 Å². The zero-order chi connectivity index (χ0) is 10.5. The third-order valence-electron chi connectivity index (χ3n) is 2.67. The lowest BCUT2D eigenvalue weighted by Gasteiger charge is -2.34. The van der Waals surface area contributed by atoms with E-state index >= 15 is 0 Å². The van der Waals surface area contributed by atoms with E-state index in [4.69, 9.17) is 4.74 Å². The molecule has 0 aliphatic heterocycles. The van der Waals surface area contributed by atoms with Crippen LogP contribution in [0.15, 0.2) is 0 Å². The van der Waals surface area contributed by atoms with Gasteiger partial charge >= 0.3 is 5.97 Å². The predicted molar refractivity (Wildman–Crippen MR) is 53.6 cm³/mol. The zero-order valence-electron chi connectivity index (χ0n) is 9.39. The number of carbonyl (C=O) groups excluding carboxylic acids is 1. The van der Waals surface area contributed by atoms with Crippen molar-refractivity contribution in [2.75, 3.05) is 20.7 Å². The molecule has 0 saturated carbocycles. The summed E-state index contributed by atoms with van der Waals surface area (Å²) in [5, 5.41) is 0. The van der Waals surface area contributed by atoms with Crippen molar-refractivity contribution in [3.63, 3.8) is 0 Å². The number of hydrogen-bond donors (Lipinski definition) is 0. The van der Waals surface area contributed by atoms with Crippen LogP contribution in [0.5, 0.6) is 0 Å². The Kier molecular flexibility index (Phi) is 4.99. The Morgan fingerprint density at radius 1 is 1.38 bits per heavy atom. The van der Waals surface area contributed by atoms with Crippen molar-refractivity contribution in [3.8, 4) is 0 Å². The highest BCUT2D eigenvalue weighted by atomic mass is 16.5. The van der Waals surface area contributed by atoms with Gasteiger partial charge in [0.15, 0.2) is 0 Å². The lowest BCUT2D eigenvalue weighted by Crippen LogP contribution is -2.42. The molecular formula is C10H21NO2. The summed E-state index contributed by atoms with van der Waals surface area (Å²) >= 11 is 0. The Balaban J connectivity index is 4.19. The minimum Gasteiger partial charge on any atom is -0.466 e. The van der Waals surface area contributed by atoms with Gasteiger partial charge in [0.1, 0.15) is 0 Å². The monoisotopic (exact) mass is 187 g/mol. The third-order valence-corrected chi connectivity index (χ3v) is 2.67. The first-order valence-electron chi connectivity index (χ1n) is 4.79. The van der Waals surface area contributed by atoms with Crippen molar-refractivity contribution >= 4 is 5.97 Å². The minimum atomic E-state index is -0.111. The molecule has 0 N–H and O–H groups in total. The van der Waals surface area contributed by atoms with Crippen LogP contribution in [-0.4, -0.2) is 37.1 Å². The number of carbonyl (C=O) groups is 1. The Morgan fingerprint density at radius 3 is 2.23 bits per heavy atom. The van der Waals surface area contributed by atoms with Gasteiger partial charge < -0.3 is 9.64 Å². The topological polar surface area (TPSA) is 29.5 Å². The molecule has 0 unspecified atom stereocenters. The van der Waals surface area contributed by atoms with E-state index in [9.17, 15) is 4.79 Å². The van der Waals surface area contributed by atoms with Gasteiger partial charge in [-0.3, -0.25) is 4.79 Å². The Morgan fingerprint density at radius 2 is 1.92 bits per heavy atom. The summed E-state index contributed by atoms with van der Waals surface area (Å²) in [6.45, 7) is 6.45. The van der Waals surface area contributed by atoms with E-state index in [2.05, 4.69) is 18.7 Å². The van der Waals surface area contributed by atoms with E-state index in [0.717, 1.165) is 6.42 Å². The molecule has 3 nitrogen and oxygen atoms in total. The standard InChI is InChI=1S/C10H21NO2/c1-6-10(3,11(4)5)8-9(12)13-7-2/h6-8H2,1-5H3/t10-/m0/s1. The first-order chi connectivity index (χ1) is 5.96. The number of esters is 1. The van der Waals surface area contributed by atoms with Crippen LogP contribution in [0, 0.1) is 0 Å². The van der Waals surface area contributed by atoms with Crippen LogP contribution in [-0.2, 0) is 9.53 Å². The van der Waals surface area contributed by atoms with E-state index in [1.807, 2.05) is 21.0 Å². The third kappa shape index (κ3) is 3.77. The molecule has 0 aliphatic carbocycles. The summed E-state index contributed by atoms with van der Waals surface area (Å²) in [5.41, 5.74) is -0.0771. The Labute approximate surface area is 81.1 Å². The number of nitrogens with zero attached hydrogens (tertiary/aromatic N) is 1. The SMILES string of the molecule is CCOC(=O)C[C@](C)(CC)N(C)C. The molecule has 0 spiro atoms. The quantitative estimate of drug-likeness (QED) is 0.613. The highest BCUT2D eigenvalue weighted by Gasteiger charge is 2.28. The molecule has 13 heavy (non-hydrogen) atoms. The summed E-state index contributed by atoms with van der Waals surface area (Å²) in [5.74, 6) is -0.111. The molecule has 0 aliphatic rings. The van der Waals surface area contributed by atoms with Crippen LogP contribution in [0.4, 0.5) is 0 Å². The molecule has 0 aromatic heterocycles. The van der Waals surface area contributed by atoms with Crippen LogP contribution >= 0.6 is 0 Å². The molecule has 0 aromatic carbocycles. The van der Waals surface area contributed by atoms with E-state index in [0.29, 0.717) is 13.0 Å². The molecule has 0 heterocycles. The summed E-state index contributed by atoms with van der Waals surface area (Å²) in [6, 6.07) is 0. The average molecular weight is 187 g/mol. The minimum absolute atomic E-state index is 0.0771. The van der Waals surface area contributed by atoms with E-state index in [-0.39, 0.29) is 11.5 Å². The summed E-state index contributed by atoms with van der Waals surface area (Å²) in [6.07, 6.45) is 1.41. The first-order valence-corrected chi connectivity index (χ1v) is 4.79. The first kappa shape index (κ1) is 12.4. The normalized spacial score (nSPS) is 15.5. The second-order valence-corrected chi connectivity index (χ2v) is 3.73. The maximum Gasteiger partial charge on any atom is 0.307 e. The smallest absolute Gasteiger partial charge is 0.307 e. The largest absolute Gasteiger partial charge is 0.466 e. The van der Waals surface area contributed by atoms with E-state index in [1.165, 1.54) is 0 Å². The number of hydrogen-bond acceptors (Lipinski definition) is 3. The van der Waals surface area contributed by atoms with E-state index in [1.54, 1.807) is 0 Å². The second-order valence-electron chi connectivity index (χ2n) is 3.73. The molecule has 0 aromatic rings. The summed E-state index contributed by atoms with van der Waals surface area (Å²) in [4.78, 5) is 13.3. The molecule has 0 bridgehead atoms. The van der Waals surface area contributed by atoms with Gasteiger partial charge in [0.05, 0.1) is 13.0 Å². The Bertz CT molecular complexity index is 168. The molecular weight excluding hydrogens is 166 g/mol. The molecule has 3 heteroatoms. The van der Waals surface area contributed by atoms with Gasteiger partial charge in [-0.1, -0.05) is 6.92 Å². The molecule has 78 valence electrons. The van der Waals surface area contributed by atoms with Crippen molar-refractivity contribution < 1.29 is 9.53 Å². The predicted octanol–water partition coefficient (Wildman–Crippen LogP) is 1.67. The Hall–Kier alpha value is -0.570. The van der Waals surface area contributed by atoms with Crippen molar-refractivity contribution in [1.29, 1.82) is 0 Å². The second kappa shape index (κ2) is 5.22. The van der Waals surface area contributed by atoms with Gasteiger partial charge in [-0.25, -0.2) is 0 Å². The van der Waals surface area contributed by atoms with Crippen LogP contribution in [0.2, 0.25) is 0 Å². The van der Waals surface area contributed by atoms with Crippen LogP contribution in [0.1, 0.15) is 33.6 Å². The van der Waals surface area contributed by atoms with Gasteiger partial charge in [-0.2, -0.15) is 0 Å². The fraction of sp³-hybridized carbons (Fsp3) is 0.900. The van der Waals surface area contributed by atoms with Gasteiger partial charge in [0.25, 0.3) is 0 Å². The molecule has 0 radical (unpaired) electrons. The lowest BCUT2D eigenvalue weighted by molar-refractivity contribution is -0.146. The molecule has 0 rings (SSSR count).